The number of fused-ring (bicyclic) bond motifs is 1. The van der Waals surface area contributed by atoms with Crippen molar-refractivity contribution in [3.8, 4) is 0 Å². The molecule has 0 amide bonds. The fourth-order valence-electron chi connectivity index (χ4n) is 2.58. The van der Waals surface area contributed by atoms with Crippen molar-refractivity contribution in [1.29, 1.82) is 0 Å². The number of thiophene rings is 1. The van der Waals surface area contributed by atoms with Crippen LogP contribution in [0.25, 0.3) is 10.1 Å². The zero-order valence-corrected chi connectivity index (χ0v) is 13.3. The molecule has 21 heavy (non-hydrogen) atoms. The van der Waals surface area contributed by atoms with Gasteiger partial charge in [-0.2, -0.15) is 0 Å². The minimum Gasteiger partial charge on any atom is -0.462 e. The van der Waals surface area contributed by atoms with Crippen molar-refractivity contribution in [3.63, 3.8) is 0 Å². The summed E-state index contributed by atoms with van der Waals surface area (Å²) < 4.78 is 6.22. The number of likely N-dealkylation sites (N-methyl/N-ethyl adjacent to an activating group) is 1. The lowest BCUT2D eigenvalue weighted by molar-refractivity contribution is 0.0532. The Morgan fingerprint density at radius 2 is 2.00 bits per heavy atom. The van der Waals surface area contributed by atoms with Gasteiger partial charge in [0.1, 0.15) is 4.88 Å². The van der Waals surface area contributed by atoms with Crippen molar-refractivity contribution in [1.82, 2.24) is 4.90 Å². The smallest absolute Gasteiger partial charge is 0.348 e. The first kappa shape index (κ1) is 14.4. The minimum atomic E-state index is -0.222. The monoisotopic (exact) mass is 304 g/mol. The molecule has 1 aromatic heterocycles. The number of carbonyl (C=O) groups excluding carboxylic acids is 1. The van der Waals surface area contributed by atoms with Crippen molar-refractivity contribution in [2.45, 2.75) is 6.92 Å². The van der Waals surface area contributed by atoms with Crippen LogP contribution < -0.4 is 4.90 Å². The largest absolute Gasteiger partial charge is 0.462 e. The van der Waals surface area contributed by atoms with Crippen molar-refractivity contribution < 1.29 is 9.53 Å². The average Bonchev–Trinajstić information content (AvgIpc) is 2.91. The Kier molecular flexibility index (Phi) is 4.12. The Morgan fingerprint density at radius 3 is 2.71 bits per heavy atom. The fraction of sp³-hybridized carbons (Fsp3) is 0.438. The molecule has 0 saturated carbocycles. The van der Waals surface area contributed by atoms with E-state index in [1.165, 1.54) is 17.0 Å². The van der Waals surface area contributed by atoms with Crippen molar-refractivity contribution in [2.75, 3.05) is 44.7 Å². The maximum absolute atomic E-state index is 11.8. The van der Waals surface area contributed by atoms with E-state index in [1.807, 2.05) is 13.0 Å². The predicted molar refractivity (Wildman–Crippen MR) is 87.5 cm³/mol. The lowest BCUT2D eigenvalue weighted by Gasteiger charge is -2.34. The molecule has 1 saturated heterocycles. The zero-order chi connectivity index (χ0) is 14.8. The molecule has 1 aromatic carbocycles. The second kappa shape index (κ2) is 6.03. The van der Waals surface area contributed by atoms with E-state index in [0.717, 1.165) is 36.3 Å². The summed E-state index contributed by atoms with van der Waals surface area (Å²) in [5.41, 5.74) is 1.24. The first-order valence-electron chi connectivity index (χ1n) is 7.31. The van der Waals surface area contributed by atoms with Gasteiger partial charge in [0.25, 0.3) is 0 Å². The number of piperazine rings is 1. The van der Waals surface area contributed by atoms with Crippen LogP contribution in [0.5, 0.6) is 0 Å². The number of esters is 1. The molecule has 3 rings (SSSR count). The number of carbonyl (C=O) groups is 1. The van der Waals surface area contributed by atoms with E-state index in [-0.39, 0.29) is 5.97 Å². The third-order valence-electron chi connectivity index (χ3n) is 3.85. The van der Waals surface area contributed by atoms with Gasteiger partial charge in [0, 0.05) is 36.6 Å². The molecule has 0 radical (unpaired) electrons. The van der Waals surface area contributed by atoms with Gasteiger partial charge in [-0.3, -0.25) is 0 Å². The van der Waals surface area contributed by atoms with Gasteiger partial charge in [-0.25, -0.2) is 4.79 Å². The van der Waals surface area contributed by atoms with Gasteiger partial charge in [-0.1, -0.05) is 6.07 Å². The predicted octanol–water partition coefficient (Wildman–Crippen LogP) is 2.83. The number of benzene rings is 1. The second-order valence-electron chi connectivity index (χ2n) is 5.34. The molecule has 0 N–H and O–H groups in total. The summed E-state index contributed by atoms with van der Waals surface area (Å²) in [5, 5.41) is 1.11. The van der Waals surface area contributed by atoms with Crippen LogP contribution in [0, 0.1) is 0 Å². The third kappa shape index (κ3) is 3.04. The van der Waals surface area contributed by atoms with E-state index in [1.54, 1.807) is 0 Å². The maximum Gasteiger partial charge on any atom is 0.348 e. The summed E-state index contributed by atoms with van der Waals surface area (Å²) >= 11 is 1.51. The molecule has 0 unspecified atom stereocenters. The molecule has 0 atom stereocenters. The SMILES string of the molecule is CCOC(=O)c1cc2ccc(N3CCN(C)CC3)cc2s1. The number of nitrogens with zero attached hydrogens (tertiary/aromatic N) is 2. The summed E-state index contributed by atoms with van der Waals surface area (Å²) in [5.74, 6) is -0.222. The van der Waals surface area contributed by atoms with Gasteiger partial charge in [-0.05, 0) is 37.6 Å². The first-order chi connectivity index (χ1) is 10.2. The molecule has 2 aromatic rings. The normalized spacial score (nSPS) is 16.4. The summed E-state index contributed by atoms with van der Waals surface area (Å²) in [7, 11) is 2.16. The molecule has 0 aliphatic carbocycles. The van der Waals surface area contributed by atoms with Gasteiger partial charge in [0.05, 0.1) is 6.61 Å². The van der Waals surface area contributed by atoms with Crippen LogP contribution in [-0.2, 0) is 4.74 Å². The first-order valence-corrected chi connectivity index (χ1v) is 8.13. The van der Waals surface area contributed by atoms with Crippen LogP contribution in [0.15, 0.2) is 24.3 Å². The summed E-state index contributed by atoms with van der Waals surface area (Å²) in [6.07, 6.45) is 0. The van der Waals surface area contributed by atoms with Crippen LogP contribution in [0.2, 0.25) is 0 Å². The van der Waals surface area contributed by atoms with E-state index < -0.39 is 0 Å². The Labute approximate surface area is 128 Å². The molecule has 4 nitrogen and oxygen atoms in total. The molecule has 2 heterocycles. The van der Waals surface area contributed by atoms with Crippen LogP contribution >= 0.6 is 11.3 Å². The zero-order valence-electron chi connectivity index (χ0n) is 12.5. The van der Waals surface area contributed by atoms with E-state index in [2.05, 4.69) is 35.0 Å². The average molecular weight is 304 g/mol. The number of ether oxygens (including phenoxy) is 1. The molecular formula is C16H20N2O2S. The van der Waals surface area contributed by atoms with E-state index >= 15 is 0 Å². The molecule has 112 valence electrons. The van der Waals surface area contributed by atoms with Crippen molar-refractivity contribution >= 4 is 33.1 Å². The Hall–Kier alpha value is -1.59. The highest BCUT2D eigenvalue weighted by Gasteiger charge is 2.16. The van der Waals surface area contributed by atoms with Crippen molar-refractivity contribution in [3.05, 3.63) is 29.1 Å². The standard InChI is InChI=1S/C16H20N2O2S/c1-3-20-16(19)15-10-12-4-5-13(11-14(12)21-15)18-8-6-17(2)7-9-18/h4-5,10-11H,3,6-9H2,1-2H3. The molecule has 0 spiro atoms. The highest BCUT2D eigenvalue weighted by Crippen LogP contribution is 2.30. The highest BCUT2D eigenvalue weighted by molar-refractivity contribution is 7.20. The van der Waals surface area contributed by atoms with Gasteiger partial charge in [-0.15, -0.1) is 11.3 Å². The molecular weight excluding hydrogens is 284 g/mol. The van der Waals surface area contributed by atoms with Crippen LogP contribution in [-0.4, -0.2) is 50.7 Å². The van der Waals surface area contributed by atoms with Crippen molar-refractivity contribution in [2.24, 2.45) is 0 Å². The number of anilines is 1. The molecule has 1 aliphatic rings. The lowest BCUT2D eigenvalue weighted by atomic mass is 10.2. The molecule has 5 heteroatoms. The molecule has 1 fully saturated rings. The third-order valence-corrected chi connectivity index (χ3v) is 4.93. The fourth-order valence-corrected chi connectivity index (χ4v) is 3.57. The highest BCUT2D eigenvalue weighted by atomic mass is 32.1. The molecule has 0 bridgehead atoms. The minimum absolute atomic E-state index is 0.222. The van der Waals surface area contributed by atoms with E-state index in [4.69, 9.17) is 4.74 Å². The molecule has 1 aliphatic heterocycles. The quantitative estimate of drug-likeness (QED) is 0.816. The maximum atomic E-state index is 11.8. The van der Waals surface area contributed by atoms with Crippen LogP contribution in [0.3, 0.4) is 0 Å². The lowest BCUT2D eigenvalue weighted by Crippen LogP contribution is -2.44. The number of rotatable bonds is 3. The van der Waals surface area contributed by atoms with Gasteiger partial charge in [0.15, 0.2) is 0 Å². The summed E-state index contributed by atoms with van der Waals surface area (Å²) in [6, 6.07) is 8.36. The van der Waals surface area contributed by atoms with Gasteiger partial charge < -0.3 is 14.5 Å². The topological polar surface area (TPSA) is 32.8 Å². The summed E-state index contributed by atoms with van der Waals surface area (Å²) in [4.78, 5) is 17.2. The Balaban J connectivity index is 1.84. The van der Waals surface area contributed by atoms with Crippen LogP contribution in [0.4, 0.5) is 5.69 Å². The van der Waals surface area contributed by atoms with Gasteiger partial charge >= 0.3 is 5.97 Å². The number of hydrogen-bond acceptors (Lipinski definition) is 5. The Morgan fingerprint density at radius 1 is 1.24 bits per heavy atom. The van der Waals surface area contributed by atoms with Gasteiger partial charge in [0.2, 0.25) is 0 Å². The Bertz CT molecular complexity index is 645. The number of hydrogen-bond donors (Lipinski definition) is 0. The summed E-state index contributed by atoms with van der Waals surface area (Å²) in [6.45, 7) is 6.54. The van der Waals surface area contributed by atoms with E-state index in [0.29, 0.717) is 11.5 Å². The van der Waals surface area contributed by atoms with Crippen LogP contribution in [0.1, 0.15) is 16.6 Å². The second-order valence-corrected chi connectivity index (χ2v) is 6.43. The van der Waals surface area contributed by atoms with E-state index in [9.17, 15) is 4.79 Å².